The molecule has 2 saturated heterocycles. The Bertz CT molecular complexity index is 560. The van der Waals surface area contributed by atoms with Crippen molar-refractivity contribution in [3.8, 4) is 0 Å². The predicted molar refractivity (Wildman–Crippen MR) is 108 cm³/mol. The van der Waals surface area contributed by atoms with Crippen molar-refractivity contribution in [2.45, 2.75) is 84.8 Å². The highest BCUT2D eigenvalue weighted by Crippen LogP contribution is 2.53. The number of nitrogens with one attached hydrogen (secondary N) is 2. The molecular formula is C20H38N4O4. The average molecular weight is 399 g/mol. The quantitative estimate of drug-likeness (QED) is 0.544. The van der Waals surface area contributed by atoms with Crippen LogP contribution in [0.2, 0.25) is 0 Å². The molecule has 2 amide bonds. The van der Waals surface area contributed by atoms with E-state index in [2.05, 4.69) is 52.4 Å². The van der Waals surface area contributed by atoms with Crippen LogP contribution in [0.3, 0.4) is 0 Å². The first-order valence-electron chi connectivity index (χ1n) is 10.3. The second kappa shape index (κ2) is 8.06. The van der Waals surface area contributed by atoms with E-state index in [0.717, 1.165) is 25.7 Å². The van der Waals surface area contributed by atoms with Gasteiger partial charge in [-0.25, -0.2) is 9.59 Å². The molecule has 1 atom stereocenters. The number of piperidine rings is 2. The summed E-state index contributed by atoms with van der Waals surface area (Å²) >= 11 is 0. The summed E-state index contributed by atoms with van der Waals surface area (Å²) in [5, 5.41) is 19.0. The van der Waals surface area contributed by atoms with Gasteiger partial charge in [0.05, 0.1) is 5.54 Å². The summed E-state index contributed by atoms with van der Waals surface area (Å²) in [5.41, 5.74) is 5.90. The number of rotatable bonds is 3. The number of carboxylic acid groups (broad SMARTS) is 2. The predicted octanol–water partition coefficient (Wildman–Crippen LogP) is 3.20. The monoisotopic (exact) mass is 398 g/mol. The molecule has 1 unspecified atom stereocenters. The van der Waals surface area contributed by atoms with E-state index in [0.29, 0.717) is 19.6 Å². The van der Waals surface area contributed by atoms with E-state index in [9.17, 15) is 14.7 Å². The Balaban J connectivity index is 2.09. The van der Waals surface area contributed by atoms with Crippen LogP contribution in [0.4, 0.5) is 9.59 Å². The molecule has 162 valence electrons. The summed E-state index contributed by atoms with van der Waals surface area (Å²) in [7, 11) is 0. The summed E-state index contributed by atoms with van der Waals surface area (Å²) < 4.78 is 0. The molecule has 8 heteroatoms. The van der Waals surface area contributed by atoms with Gasteiger partial charge in [-0.15, -0.1) is 0 Å². The number of amides is 2. The van der Waals surface area contributed by atoms with Crippen molar-refractivity contribution in [2.24, 2.45) is 10.8 Å². The zero-order chi connectivity index (χ0) is 21.3. The van der Waals surface area contributed by atoms with Crippen molar-refractivity contribution in [2.75, 3.05) is 19.6 Å². The van der Waals surface area contributed by atoms with Crippen LogP contribution >= 0.6 is 0 Å². The Morgan fingerprint density at radius 2 is 1.29 bits per heavy atom. The van der Waals surface area contributed by atoms with E-state index >= 15 is 0 Å². The lowest BCUT2D eigenvalue weighted by Gasteiger charge is -2.62. The van der Waals surface area contributed by atoms with Crippen LogP contribution in [-0.2, 0) is 0 Å². The van der Waals surface area contributed by atoms with E-state index < -0.39 is 17.7 Å². The average Bonchev–Trinajstić information content (AvgIpc) is 2.57. The van der Waals surface area contributed by atoms with Crippen LogP contribution < -0.4 is 10.9 Å². The fourth-order valence-corrected chi connectivity index (χ4v) is 5.42. The third-order valence-corrected chi connectivity index (χ3v) is 6.67. The van der Waals surface area contributed by atoms with Gasteiger partial charge in [-0.05, 0) is 36.5 Å². The zero-order valence-corrected chi connectivity index (χ0v) is 18.2. The van der Waals surface area contributed by atoms with E-state index in [1.54, 1.807) is 4.90 Å². The van der Waals surface area contributed by atoms with Gasteiger partial charge in [0.15, 0.2) is 0 Å². The first-order valence-corrected chi connectivity index (χ1v) is 10.3. The lowest BCUT2D eigenvalue weighted by molar-refractivity contribution is -0.104. The Labute approximate surface area is 168 Å². The third kappa shape index (κ3) is 4.38. The first kappa shape index (κ1) is 22.7. The summed E-state index contributed by atoms with van der Waals surface area (Å²) in [4.78, 5) is 26.3. The van der Waals surface area contributed by atoms with Crippen LogP contribution in [0.5, 0.6) is 0 Å². The number of carbonyl (C=O) groups is 2. The minimum Gasteiger partial charge on any atom is -0.465 e. The highest BCUT2D eigenvalue weighted by Gasteiger charge is 2.58. The SMILES string of the molecule is CC(C)(C)C1(C(C)(C)C)CC(NNC2CCN(C(=O)O)CC2)CCN1C(=O)O. The molecule has 0 aromatic rings. The van der Waals surface area contributed by atoms with Crippen molar-refractivity contribution in [3.63, 3.8) is 0 Å². The summed E-state index contributed by atoms with van der Waals surface area (Å²) in [6.07, 6.45) is 1.33. The van der Waals surface area contributed by atoms with E-state index in [1.165, 1.54) is 4.90 Å². The van der Waals surface area contributed by atoms with Crippen molar-refractivity contribution >= 4 is 12.2 Å². The maximum absolute atomic E-state index is 12.1. The molecule has 0 aromatic carbocycles. The van der Waals surface area contributed by atoms with Gasteiger partial charge in [0.25, 0.3) is 0 Å². The molecule has 0 bridgehead atoms. The Morgan fingerprint density at radius 3 is 1.71 bits per heavy atom. The second-order valence-electron chi connectivity index (χ2n) is 10.3. The number of likely N-dealkylation sites (tertiary alicyclic amines) is 2. The molecule has 0 saturated carbocycles. The van der Waals surface area contributed by atoms with Crippen LogP contribution in [0.25, 0.3) is 0 Å². The first-order chi connectivity index (χ1) is 12.8. The molecule has 0 aromatic heterocycles. The number of hydrogen-bond acceptors (Lipinski definition) is 4. The van der Waals surface area contributed by atoms with Gasteiger partial charge in [0.2, 0.25) is 0 Å². The lowest BCUT2D eigenvalue weighted by Crippen LogP contribution is -2.71. The fourth-order valence-electron chi connectivity index (χ4n) is 5.42. The van der Waals surface area contributed by atoms with E-state index in [-0.39, 0.29) is 22.9 Å². The topological polar surface area (TPSA) is 105 Å². The van der Waals surface area contributed by atoms with E-state index in [1.807, 2.05) is 0 Å². The van der Waals surface area contributed by atoms with Crippen molar-refractivity contribution in [1.82, 2.24) is 20.7 Å². The van der Waals surface area contributed by atoms with Crippen LogP contribution in [0.1, 0.15) is 67.2 Å². The summed E-state index contributed by atoms with van der Waals surface area (Å²) in [6.45, 7) is 14.4. The zero-order valence-electron chi connectivity index (χ0n) is 18.2. The van der Waals surface area contributed by atoms with Gasteiger partial charge in [0, 0.05) is 31.7 Å². The van der Waals surface area contributed by atoms with Gasteiger partial charge in [-0.3, -0.25) is 10.9 Å². The molecular weight excluding hydrogens is 360 g/mol. The number of hydrazine groups is 1. The Hall–Kier alpha value is -1.54. The molecule has 0 radical (unpaired) electrons. The van der Waals surface area contributed by atoms with Gasteiger partial charge >= 0.3 is 12.2 Å². The van der Waals surface area contributed by atoms with E-state index in [4.69, 9.17) is 5.11 Å². The molecule has 28 heavy (non-hydrogen) atoms. The van der Waals surface area contributed by atoms with Crippen molar-refractivity contribution < 1.29 is 19.8 Å². The fraction of sp³-hybridized carbons (Fsp3) is 0.900. The van der Waals surface area contributed by atoms with Crippen LogP contribution in [0.15, 0.2) is 0 Å². The molecule has 4 N–H and O–H groups in total. The maximum Gasteiger partial charge on any atom is 0.407 e. The molecule has 8 nitrogen and oxygen atoms in total. The van der Waals surface area contributed by atoms with Gasteiger partial charge in [-0.2, -0.15) is 0 Å². The molecule has 2 aliphatic rings. The minimum atomic E-state index is -0.854. The lowest BCUT2D eigenvalue weighted by atomic mass is 9.55. The highest BCUT2D eigenvalue weighted by molar-refractivity contribution is 5.67. The number of nitrogens with zero attached hydrogens (tertiary/aromatic N) is 2. The molecule has 0 aliphatic carbocycles. The smallest absolute Gasteiger partial charge is 0.407 e. The molecule has 2 aliphatic heterocycles. The summed E-state index contributed by atoms with van der Waals surface area (Å²) in [5.74, 6) is 0. The van der Waals surface area contributed by atoms with Gasteiger partial charge in [-0.1, -0.05) is 41.5 Å². The Morgan fingerprint density at radius 1 is 0.821 bits per heavy atom. The molecule has 2 heterocycles. The van der Waals surface area contributed by atoms with Crippen LogP contribution in [0, 0.1) is 10.8 Å². The number of hydrogen-bond donors (Lipinski definition) is 4. The normalized spacial score (nSPS) is 24.3. The Kier molecular flexibility index (Phi) is 6.55. The van der Waals surface area contributed by atoms with Crippen LogP contribution in [-0.4, -0.2) is 69.5 Å². The molecule has 0 spiro atoms. The highest BCUT2D eigenvalue weighted by atomic mass is 16.4. The van der Waals surface area contributed by atoms with Crippen molar-refractivity contribution in [3.05, 3.63) is 0 Å². The maximum atomic E-state index is 12.1. The van der Waals surface area contributed by atoms with Gasteiger partial charge < -0.3 is 20.0 Å². The molecule has 2 rings (SSSR count). The van der Waals surface area contributed by atoms with Crippen molar-refractivity contribution in [1.29, 1.82) is 0 Å². The third-order valence-electron chi connectivity index (χ3n) is 6.67. The molecule has 2 fully saturated rings. The largest absolute Gasteiger partial charge is 0.465 e. The standard InChI is InChI=1S/C20H38N4O4/c1-18(2,3)20(19(4,5)6)13-15(9-12-24(20)17(27)28)22-21-14-7-10-23(11-8-14)16(25)26/h14-15,21-22H,7-13H2,1-6H3,(H,25,26)(H,27,28). The minimum absolute atomic E-state index is 0.159. The van der Waals surface area contributed by atoms with Gasteiger partial charge in [0.1, 0.15) is 0 Å². The second-order valence-corrected chi connectivity index (χ2v) is 10.3. The summed E-state index contributed by atoms with van der Waals surface area (Å²) in [6, 6.07) is 0.387.